The van der Waals surface area contributed by atoms with E-state index in [-0.39, 0.29) is 5.75 Å². The first-order valence-electron chi connectivity index (χ1n) is 6.31. The van der Waals surface area contributed by atoms with E-state index in [0.29, 0.717) is 17.3 Å². The van der Waals surface area contributed by atoms with Crippen LogP contribution in [0.4, 0.5) is 5.82 Å². The molecule has 1 heterocycles. The Labute approximate surface area is 119 Å². The predicted octanol–water partition coefficient (Wildman–Crippen LogP) is 1.98. The van der Waals surface area contributed by atoms with Gasteiger partial charge in [0.05, 0.1) is 22.0 Å². The van der Waals surface area contributed by atoms with Crippen molar-refractivity contribution in [3.8, 4) is 0 Å². The molecule has 0 saturated carbocycles. The largest absolute Gasteiger partial charge is 0.368 e. The molecule has 6 heteroatoms. The minimum atomic E-state index is -3.26. The lowest BCUT2D eigenvalue weighted by molar-refractivity contribution is 0.596. The smallest absolute Gasteiger partial charge is 0.180 e. The number of benzene rings is 1. The Morgan fingerprint density at radius 2 is 1.85 bits per heavy atom. The molecule has 5 nitrogen and oxygen atoms in total. The molecule has 0 atom stereocenters. The summed E-state index contributed by atoms with van der Waals surface area (Å²) in [7, 11) is -3.26. The highest BCUT2D eigenvalue weighted by Gasteiger charge is 2.13. The third kappa shape index (κ3) is 3.54. The molecule has 2 aromatic rings. The SMILES string of the molecule is Cc1cnc(C)c(NCCS(=O)(=O)c2ccccc2)n1. The lowest BCUT2D eigenvalue weighted by Gasteiger charge is -2.09. The molecule has 0 aliphatic heterocycles. The molecule has 106 valence electrons. The van der Waals surface area contributed by atoms with Crippen molar-refractivity contribution in [3.63, 3.8) is 0 Å². The molecule has 2 rings (SSSR count). The van der Waals surface area contributed by atoms with Gasteiger partial charge in [-0.25, -0.2) is 13.4 Å². The van der Waals surface area contributed by atoms with E-state index in [2.05, 4.69) is 15.3 Å². The normalized spacial score (nSPS) is 11.3. The number of hydrogen-bond donors (Lipinski definition) is 1. The lowest BCUT2D eigenvalue weighted by Crippen LogP contribution is -2.17. The Hall–Kier alpha value is -1.95. The molecule has 0 bridgehead atoms. The molecule has 0 aliphatic rings. The molecule has 1 aromatic heterocycles. The molecule has 0 saturated heterocycles. The van der Waals surface area contributed by atoms with Gasteiger partial charge in [0.2, 0.25) is 0 Å². The molecule has 1 N–H and O–H groups in total. The number of nitrogens with one attached hydrogen (secondary N) is 1. The topological polar surface area (TPSA) is 72.0 Å². The zero-order valence-corrected chi connectivity index (χ0v) is 12.3. The van der Waals surface area contributed by atoms with E-state index < -0.39 is 9.84 Å². The average molecular weight is 291 g/mol. The van der Waals surface area contributed by atoms with Crippen molar-refractivity contribution in [3.05, 3.63) is 47.9 Å². The number of sulfone groups is 1. The maximum Gasteiger partial charge on any atom is 0.180 e. The number of aromatic nitrogens is 2. The Morgan fingerprint density at radius 3 is 2.55 bits per heavy atom. The number of aryl methyl sites for hydroxylation is 2. The Balaban J connectivity index is 2.01. The van der Waals surface area contributed by atoms with Crippen molar-refractivity contribution in [2.24, 2.45) is 0 Å². The quantitative estimate of drug-likeness (QED) is 0.912. The number of anilines is 1. The van der Waals surface area contributed by atoms with Crippen LogP contribution in [0, 0.1) is 13.8 Å². The third-order valence-electron chi connectivity index (χ3n) is 2.84. The highest BCUT2D eigenvalue weighted by molar-refractivity contribution is 7.91. The van der Waals surface area contributed by atoms with Gasteiger partial charge in [0.1, 0.15) is 5.82 Å². The van der Waals surface area contributed by atoms with E-state index in [1.54, 1.807) is 36.5 Å². The summed E-state index contributed by atoms with van der Waals surface area (Å²) >= 11 is 0. The summed E-state index contributed by atoms with van der Waals surface area (Å²) in [4.78, 5) is 8.82. The van der Waals surface area contributed by atoms with E-state index in [9.17, 15) is 8.42 Å². The number of nitrogens with zero attached hydrogens (tertiary/aromatic N) is 2. The summed E-state index contributed by atoms with van der Waals surface area (Å²) in [5.74, 6) is 0.653. The maximum atomic E-state index is 12.1. The second-order valence-corrected chi connectivity index (χ2v) is 6.61. The predicted molar refractivity (Wildman–Crippen MR) is 78.5 cm³/mol. The van der Waals surface area contributed by atoms with Crippen molar-refractivity contribution >= 4 is 15.7 Å². The highest BCUT2D eigenvalue weighted by atomic mass is 32.2. The average Bonchev–Trinajstić information content (AvgIpc) is 2.43. The fourth-order valence-electron chi connectivity index (χ4n) is 1.75. The van der Waals surface area contributed by atoms with E-state index in [0.717, 1.165) is 11.4 Å². The Bertz CT molecular complexity index is 685. The van der Waals surface area contributed by atoms with Crippen LogP contribution in [0.2, 0.25) is 0 Å². The molecule has 0 spiro atoms. The standard InChI is InChI=1S/C14H17N3O2S/c1-11-10-16-12(2)14(17-11)15-8-9-20(18,19)13-6-4-3-5-7-13/h3-7,10H,8-9H2,1-2H3,(H,15,17). The van der Waals surface area contributed by atoms with Gasteiger partial charge in [-0.15, -0.1) is 0 Å². The van der Waals surface area contributed by atoms with Crippen LogP contribution < -0.4 is 5.32 Å². The van der Waals surface area contributed by atoms with E-state index in [1.165, 1.54) is 0 Å². The van der Waals surface area contributed by atoms with Gasteiger partial charge in [0.25, 0.3) is 0 Å². The molecular weight excluding hydrogens is 274 g/mol. The first-order chi connectivity index (χ1) is 9.49. The third-order valence-corrected chi connectivity index (χ3v) is 4.57. The first-order valence-corrected chi connectivity index (χ1v) is 7.96. The number of hydrogen-bond acceptors (Lipinski definition) is 5. The molecule has 1 aromatic carbocycles. The summed E-state index contributed by atoms with van der Waals surface area (Å²) < 4.78 is 24.2. The maximum absolute atomic E-state index is 12.1. The van der Waals surface area contributed by atoms with E-state index in [4.69, 9.17) is 0 Å². The van der Waals surface area contributed by atoms with Crippen LogP contribution in [0.5, 0.6) is 0 Å². The molecule has 0 radical (unpaired) electrons. The highest BCUT2D eigenvalue weighted by Crippen LogP contribution is 2.11. The summed E-state index contributed by atoms with van der Waals surface area (Å²) in [6, 6.07) is 8.44. The van der Waals surface area contributed by atoms with Crippen molar-refractivity contribution in [2.45, 2.75) is 18.7 Å². The van der Waals surface area contributed by atoms with Gasteiger partial charge >= 0.3 is 0 Å². The zero-order valence-electron chi connectivity index (χ0n) is 11.5. The molecule has 20 heavy (non-hydrogen) atoms. The fraction of sp³-hybridized carbons (Fsp3) is 0.286. The molecule has 0 amide bonds. The van der Waals surface area contributed by atoms with E-state index in [1.807, 2.05) is 13.8 Å². The van der Waals surface area contributed by atoms with Crippen molar-refractivity contribution in [1.82, 2.24) is 9.97 Å². The van der Waals surface area contributed by atoms with Crippen molar-refractivity contribution < 1.29 is 8.42 Å². The van der Waals surface area contributed by atoms with Crippen LogP contribution >= 0.6 is 0 Å². The van der Waals surface area contributed by atoms with Crippen molar-refractivity contribution in [2.75, 3.05) is 17.6 Å². The lowest BCUT2D eigenvalue weighted by atomic mass is 10.4. The zero-order chi connectivity index (χ0) is 14.6. The first kappa shape index (κ1) is 14.5. The van der Waals surface area contributed by atoms with Gasteiger partial charge in [-0.1, -0.05) is 18.2 Å². The summed E-state index contributed by atoms with van der Waals surface area (Å²) in [5, 5.41) is 3.03. The molecule has 0 unspecified atom stereocenters. The van der Waals surface area contributed by atoms with Crippen LogP contribution in [0.1, 0.15) is 11.4 Å². The molecule has 0 fully saturated rings. The minimum Gasteiger partial charge on any atom is -0.368 e. The van der Waals surface area contributed by atoms with E-state index >= 15 is 0 Å². The van der Waals surface area contributed by atoms with Crippen LogP contribution in [0.3, 0.4) is 0 Å². The second-order valence-electron chi connectivity index (χ2n) is 4.50. The monoisotopic (exact) mass is 291 g/mol. The Morgan fingerprint density at radius 1 is 1.15 bits per heavy atom. The second kappa shape index (κ2) is 6.00. The summed E-state index contributed by atoms with van der Waals surface area (Å²) in [6.45, 7) is 3.98. The van der Waals surface area contributed by atoms with Crippen LogP contribution in [0.25, 0.3) is 0 Å². The summed E-state index contributed by atoms with van der Waals surface area (Å²) in [6.07, 6.45) is 1.68. The van der Waals surface area contributed by atoms with Gasteiger partial charge in [0, 0.05) is 12.7 Å². The molecule has 0 aliphatic carbocycles. The number of rotatable bonds is 5. The molecular formula is C14H17N3O2S. The van der Waals surface area contributed by atoms with Crippen LogP contribution in [-0.4, -0.2) is 30.7 Å². The van der Waals surface area contributed by atoms with Gasteiger partial charge < -0.3 is 5.32 Å². The summed E-state index contributed by atoms with van der Waals surface area (Å²) in [5.41, 5.74) is 1.55. The van der Waals surface area contributed by atoms with Crippen molar-refractivity contribution in [1.29, 1.82) is 0 Å². The Kier molecular flexibility index (Phi) is 4.34. The van der Waals surface area contributed by atoms with Crippen LogP contribution in [-0.2, 0) is 9.84 Å². The van der Waals surface area contributed by atoms with Gasteiger partial charge in [-0.2, -0.15) is 0 Å². The minimum absolute atomic E-state index is 0.0199. The fourth-order valence-corrected chi connectivity index (χ4v) is 2.93. The van der Waals surface area contributed by atoms with Crippen LogP contribution in [0.15, 0.2) is 41.4 Å². The van der Waals surface area contributed by atoms with Gasteiger partial charge in [-0.3, -0.25) is 4.98 Å². The van der Waals surface area contributed by atoms with Gasteiger partial charge in [-0.05, 0) is 26.0 Å². The van der Waals surface area contributed by atoms with Gasteiger partial charge in [0.15, 0.2) is 9.84 Å².